The number of likely N-dealkylation sites (N-methyl/N-ethyl adjacent to an activating group) is 1. The molecule has 0 bridgehead atoms. The fourth-order valence-electron chi connectivity index (χ4n) is 4.18. The van der Waals surface area contributed by atoms with E-state index in [9.17, 15) is 9.18 Å². The second-order valence-corrected chi connectivity index (χ2v) is 8.98. The Bertz CT molecular complexity index is 1200. The van der Waals surface area contributed by atoms with Crippen LogP contribution in [0.5, 0.6) is 0 Å². The fraction of sp³-hybridized carbons (Fsp3) is 0.375. The molecule has 1 saturated heterocycles. The van der Waals surface area contributed by atoms with Crippen molar-refractivity contribution in [1.82, 2.24) is 25.0 Å². The number of rotatable bonds is 6. The van der Waals surface area contributed by atoms with Crippen LogP contribution in [0.2, 0.25) is 0 Å². The normalized spacial score (nSPS) is 15.5. The number of carbonyl (C=O) groups excluding carboxylic acids is 1. The third-order valence-corrected chi connectivity index (χ3v) is 6.33. The monoisotopic (exact) mass is 468 g/mol. The average Bonchev–Trinajstić information content (AvgIpc) is 3.14. The lowest BCUT2D eigenvalue weighted by Crippen LogP contribution is -2.45. The van der Waals surface area contributed by atoms with Crippen LogP contribution in [0.1, 0.15) is 24.1 Å². The van der Waals surface area contributed by atoms with E-state index < -0.39 is 0 Å². The molecule has 9 heteroatoms. The molecule has 0 radical (unpaired) electrons. The summed E-state index contributed by atoms with van der Waals surface area (Å²) >= 11 is 5.37. The van der Waals surface area contributed by atoms with Crippen LogP contribution >= 0.6 is 12.2 Å². The first-order chi connectivity index (χ1) is 15.8. The van der Waals surface area contributed by atoms with Crippen LogP contribution in [0.3, 0.4) is 0 Å². The van der Waals surface area contributed by atoms with Crippen LogP contribution in [-0.2, 0) is 11.3 Å². The zero-order valence-electron chi connectivity index (χ0n) is 19.1. The summed E-state index contributed by atoms with van der Waals surface area (Å²) in [7, 11) is 2.09. The summed E-state index contributed by atoms with van der Waals surface area (Å²) < 4.78 is 16.2. The summed E-state index contributed by atoms with van der Waals surface area (Å²) in [6, 6.07) is 12.3. The largest absolute Gasteiger partial charge is 0.369 e. The standard InChI is InChI=1S/C24H29FN6OS/c1-16-5-4-6-18(13-16)23-27-28-24(33)31(23)15-22(32)26-17(2)20-14-19(25)7-8-21(20)30-11-9-29(3)10-12-30/h4-8,13-14,17H,9-12,15H2,1-3H3,(H,26,32)(H,28,33). The maximum absolute atomic E-state index is 14.1. The van der Waals surface area contributed by atoms with Crippen molar-refractivity contribution in [2.24, 2.45) is 0 Å². The number of halogens is 1. The van der Waals surface area contributed by atoms with Gasteiger partial charge < -0.3 is 15.1 Å². The first kappa shape index (κ1) is 23.1. The number of piperazine rings is 1. The second kappa shape index (κ2) is 9.84. The number of carbonyl (C=O) groups is 1. The molecule has 1 fully saturated rings. The SMILES string of the molecule is Cc1cccc(-c2n[nH]c(=S)n2CC(=O)NC(C)c2cc(F)ccc2N2CCN(C)CC2)c1. The van der Waals surface area contributed by atoms with Crippen molar-refractivity contribution >= 4 is 23.8 Å². The quantitative estimate of drug-likeness (QED) is 0.540. The molecule has 1 aromatic heterocycles. The number of H-pyrrole nitrogens is 1. The summed E-state index contributed by atoms with van der Waals surface area (Å²) in [5.41, 5.74) is 3.69. The van der Waals surface area contributed by atoms with Crippen molar-refractivity contribution in [2.75, 3.05) is 38.1 Å². The molecule has 0 saturated carbocycles. The minimum Gasteiger partial charge on any atom is -0.369 e. The van der Waals surface area contributed by atoms with Crippen molar-refractivity contribution in [2.45, 2.75) is 26.4 Å². The Morgan fingerprint density at radius 3 is 2.70 bits per heavy atom. The Hall–Kier alpha value is -3.04. The van der Waals surface area contributed by atoms with Gasteiger partial charge in [-0.1, -0.05) is 23.8 Å². The highest BCUT2D eigenvalue weighted by molar-refractivity contribution is 7.71. The minimum absolute atomic E-state index is 0.0160. The minimum atomic E-state index is -0.369. The molecule has 1 unspecified atom stereocenters. The number of aryl methyl sites for hydroxylation is 1. The summed E-state index contributed by atoms with van der Waals surface area (Å²) in [5, 5.41) is 10.1. The number of anilines is 1. The first-order valence-corrected chi connectivity index (χ1v) is 11.5. The average molecular weight is 469 g/mol. The van der Waals surface area contributed by atoms with E-state index >= 15 is 0 Å². The summed E-state index contributed by atoms with van der Waals surface area (Å²) in [6.45, 7) is 7.50. The van der Waals surface area contributed by atoms with Gasteiger partial charge in [-0.15, -0.1) is 0 Å². The third kappa shape index (κ3) is 5.31. The van der Waals surface area contributed by atoms with Crippen LogP contribution < -0.4 is 10.2 Å². The van der Waals surface area contributed by atoms with Gasteiger partial charge in [0.05, 0.1) is 6.04 Å². The summed E-state index contributed by atoms with van der Waals surface area (Å²) in [5.74, 6) is 0.0700. The van der Waals surface area contributed by atoms with Gasteiger partial charge >= 0.3 is 0 Å². The van der Waals surface area contributed by atoms with Gasteiger partial charge in [0.25, 0.3) is 0 Å². The number of nitrogens with one attached hydrogen (secondary N) is 2. The molecule has 2 heterocycles. The van der Waals surface area contributed by atoms with E-state index in [0.29, 0.717) is 10.6 Å². The van der Waals surface area contributed by atoms with E-state index in [1.54, 1.807) is 10.6 Å². The van der Waals surface area contributed by atoms with Crippen LogP contribution in [0, 0.1) is 17.5 Å². The maximum atomic E-state index is 14.1. The molecule has 7 nitrogen and oxygen atoms in total. The van der Waals surface area contributed by atoms with Gasteiger partial charge in [-0.25, -0.2) is 4.39 Å². The predicted molar refractivity (Wildman–Crippen MR) is 130 cm³/mol. The van der Waals surface area contributed by atoms with Gasteiger partial charge in [-0.3, -0.25) is 14.5 Å². The fourth-order valence-corrected chi connectivity index (χ4v) is 4.38. The zero-order chi connectivity index (χ0) is 23.5. The predicted octanol–water partition coefficient (Wildman–Crippen LogP) is 3.68. The number of benzene rings is 2. The van der Waals surface area contributed by atoms with Crippen LogP contribution in [0.15, 0.2) is 42.5 Å². The highest BCUT2D eigenvalue weighted by atomic mass is 32.1. The molecular formula is C24H29FN6OS. The number of hydrogen-bond donors (Lipinski definition) is 2. The van der Waals surface area contributed by atoms with Crippen molar-refractivity contribution in [1.29, 1.82) is 0 Å². The molecule has 1 aliphatic heterocycles. The molecule has 33 heavy (non-hydrogen) atoms. The lowest BCUT2D eigenvalue weighted by Gasteiger charge is -2.36. The number of aromatic nitrogens is 3. The van der Waals surface area contributed by atoms with Crippen molar-refractivity contribution in [3.05, 3.63) is 64.2 Å². The molecule has 1 atom stereocenters. The van der Waals surface area contributed by atoms with Gasteiger partial charge in [-0.2, -0.15) is 5.10 Å². The maximum Gasteiger partial charge on any atom is 0.240 e. The number of hydrogen-bond acceptors (Lipinski definition) is 5. The van der Waals surface area contributed by atoms with Gasteiger partial charge in [0, 0.05) is 43.0 Å². The number of amides is 1. The van der Waals surface area contributed by atoms with Crippen LogP contribution in [0.25, 0.3) is 11.4 Å². The number of aromatic amines is 1. The zero-order valence-corrected chi connectivity index (χ0v) is 20.0. The van der Waals surface area contributed by atoms with E-state index in [4.69, 9.17) is 12.2 Å². The van der Waals surface area contributed by atoms with Gasteiger partial charge in [0.2, 0.25) is 5.91 Å². The molecule has 1 amide bonds. The highest BCUT2D eigenvalue weighted by Gasteiger charge is 2.22. The van der Waals surface area contributed by atoms with E-state index in [-0.39, 0.29) is 24.3 Å². The van der Waals surface area contributed by atoms with Gasteiger partial charge in [0.1, 0.15) is 12.4 Å². The van der Waals surface area contributed by atoms with Crippen molar-refractivity contribution in [3.8, 4) is 11.4 Å². The van der Waals surface area contributed by atoms with E-state index in [1.807, 2.05) is 38.1 Å². The first-order valence-electron chi connectivity index (χ1n) is 11.1. The Morgan fingerprint density at radius 1 is 1.21 bits per heavy atom. The molecule has 0 aliphatic carbocycles. The Labute approximate surface area is 198 Å². The van der Waals surface area contributed by atoms with Gasteiger partial charge in [-0.05, 0) is 57.4 Å². The summed E-state index contributed by atoms with van der Waals surface area (Å²) in [4.78, 5) is 17.5. The lowest BCUT2D eigenvalue weighted by molar-refractivity contribution is -0.122. The van der Waals surface area contributed by atoms with Crippen LogP contribution in [0.4, 0.5) is 10.1 Å². The Morgan fingerprint density at radius 2 is 1.97 bits per heavy atom. The van der Waals surface area contributed by atoms with E-state index in [2.05, 4.69) is 32.4 Å². The van der Waals surface area contributed by atoms with Crippen molar-refractivity contribution < 1.29 is 9.18 Å². The molecule has 2 aromatic carbocycles. The lowest BCUT2D eigenvalue weighted by atomic mass is 10.0. The Balaban J connectivity index is 1.52. The topological polar surface area (TPSA) is 69.2 Å². The smallest absolute Gasteiger partial charge is 0.240 e. The molecule has 0 spiro atoms. The molecule has 1 aliphatic rings. The molecule has 2 N–H and O–H groups in total. The summed E-state index contributed by atoms with van der Waals surface area (Å²) in [6.07, 6.45) is 0. The molecule has 174 valence electrons. The number of nitrogens with zero attached hydrogens (tertiary/aromatic N) is 4. The molecule has 3 aromatic rings. The van der Waals surface area contributed by atoms with Crippen molar-refractivity contribution in [3.63, 3.8) is 0 Å². The molecular weight excluding hydrogens is 439 g/mol. The van der Waals surface area contributed by atoms with E-state index in [0.717, 1.165) is 48.6 Å². The van der Waals surface area contributed by atoms with Gasteiger partial charge in [0.15, 0.2) is 10.6 Å². The van der Waals surface area contributed by atoms with E-state index in [1.165, 1.54) is 12.1 Å². The second-order valence-electron chi connectivity index (χ2n) is 8.59. The molecule has 4 rings (SSSR count). The third-order valence-electron chi connectivity index (χ3n) is 6.01. The Kier molecular flexibility index (Phi) is 6.90. The van der Waals surface area contributed by atoms with Crippen LogP contribution in [-0.4, -0.2) is 58.8 Å². The highest BCUT2D eigenvalue weighted by Crippen LogP contribution is 2.28.